The van der Waals surface area contributed by atoms with Crippen LogP contribution in [0.15, 0.2) is 23.1 Å². The minimum Gasteiger partial charge on any atom is -0.384 e. The highest BCUT2D eigenvalue weighted by molar-refractivity contribution is 7.89. The number of benzene rings is 1. The third kappa shape index (κ3) is 2.56. The minimum absolute atomic E-state index is 0.453. The predicted octanol–water partition coefficient (Wildman–Crippen LogP) is 2.47. The molecule has 2 aliphatic heterocycles. The first-order chi connectivity index (χ1) is 9.57. The van der Waals surface area contributed by atoms with Gasteiger partial charge >= 0.3 is 0 Å². The van der Waals surface area contributed by atoms with Crippen LogP contribution in [-0.2, 0) is 16.4 Å². The Morgan fingerprint density at radius 3 is 2.95 bits per heavy atom. The van der Waals surface area contributed by atoms with Crippen LogP contribution in [0.1, 0.15) is 31.7 Å². The summed E-state index contributed by atoms with van der Waals surface area (Å²) < 4.78 is 27.2. The van der Waals surface area contributed by atoms with Gasteiger partial charge in [-0.05, 0) is 55.4 Å². The van der Waals surface area contributed by atoms with E-state index in [1.54, 1.807) is 10.4 Å². The summed E-state index contributed by atoms with van der Waals surface area (Å²) in [6.07, 6.45) is 3.97. The Balaban J connectivity index is 1.87. The van der Waals surface area contributed by atoms with Crippen molar-refractivity contribution in [3.05, 3.63) is 23.8 Å². The van der Waals surface area contributed by atoms with Crippen LogP contribution in [0.5, 0.6) is 0 Å². The molecular weight excluding hydrogens is 272 g/mol. The molecule has 20 heavy (non-hydrogen) atoms. The Morgan fingerprint density at radius 2 is 2.10 bits per heavy atom. The van der Waals surface area contributed by atoms with Gasteiger partial charge < -0.3 is 5.32 Å². The first-order valence-corrected chi connectivity index (χ1v) is 8.88. The van der Waals surface area contributed by atoms with Crippen LogP contribution in [-0.4, -0.2) is 32.4 Å². The number of sulfonamides is 1. The molecule has 2 heterocycles. The highest BCUT2D eigenvalue weighted by Crippen LogP contribution is 2.28. The molecule has 3 rings (SSSR count). The molecule has 0 aliphatic carbocycles. The molecule has 0 amide bonds. The second-order valence-corrected chi connectivity index (χ2v) is 7.87. The smallest absolute Gasteiger partial charge is 0.243 e. The molecule has 1 saturated heterocycles. The highest BCUT2D eigenvalue weighted by atomic mass is 32.2. The van der Waals surface area contributed by atoms with Crippen LogP contribution in [0, 0.1) is 5.92 Å². The Bertz CT molecular complexity index is 598. The van der Waals surface area contributed by atoms with E-state index >= 15 is 0 Å². The lowest BCUT2D eigenvalue weighted by molar-refractivity contribution is 0.417. The van der Waals surface area contributed by atoms with Crippen molar-refractivity contribution in [2.45, 2.75) is 37.5 Å². The number of nitrogens with zero attached hydrogens (tertiary/aromatic N) is 1. The summed E-state index contributed by atoms with van der Waals surface area (Å²) >= 11 is 0. The zero-order chi connectivity index (χ0) is 14.2. The topological polar surface area (TPSA) is 49.4 Å². The largest absolute Gasteiger partial charge is 0.384 e. The van der Waals surface area contributed by atoms with Gasteiger partial charge in [0, 0.05) is 25.3 Å². The molecule has 1 atom stereocenters. The summed E-state index contributed by atoms with van der Waals surface area (Å²) in [7, 11) is -3.32. The Kier molecular flexibility index (Phi) is 3.73. The summed E-state index contributed by atoms with van der Waals surface area (Å²) in [5.74, 6) is 0.624. The maximum absolute atomic E-state index is 12.8. The van der Waals surface area contributed by atoms with E-state index in [1.165, 1.54) is 0 Å². The highest BCUT2D eigenvalue weighted by Gasteiger charge is 2.27. The quantitative estimate of drug-likeness (QED) is 0.911. The van der Waals surface area contributed by atoms with Crippen molar-refractivity contribution in [2.24, 2.45) is 5.92 Å². The maximum atomic E-state index is 12.8. The molecule has 1 aromatic carbocycles. The van der Waals surface area contributed by atoms with E-state index in [9.17, 15) is 8.42 Å². The van der Waals surface area contributed by atoms with Gasteiger partial charge in [-0.2, -0.15) is 4.31 Å². The number of anilines is 1. The van der Waals surface area contributed by atoms with Crippen molar-refractivity contribution in [1.29, 1.82) is 0 Å². The number of hydrogen-bond acceptors (Lipinski definition) is 3. The first-order valence-electron chi connectivity index (χ1n) is 7.44. The van der Waals surface area contributed by atoms with E-state index in [0.29, 0.717) is 23.9 Å². The Labute approximate surface area is 121 Å². The molecule has 0 spiro atoms. The van der Waals surface area contributed by atoms with Crippen molar-refractivity contribution in [3.63, 3.8) is 0 Å². The molecule has 1 N–H and O–H groups in total. The van der Waals surface area contributed by atoms with Crippen LogP contribution in [0.4, 0.5) is 5.69 Å². The van der Waals surface area contributed by atoms with Crippen LogP contribution in [0.25, 0.3) is 0 Å². The normalized spacial score (nSPS) is 23.9. The zero-order valence-corrected chi connectivity index (χ0v) is 12.7. The van der Waals surface area contributed by atoms with Gasteiger partial charge in [0.05, 0.1) is 4.90 Å². The number of hydrogen-bond donors (Lipinski definition) is 1. The third-order valence-electron chi connectivity index (χ3n) is 4.40. The lowest BCUT2D eigenvalue weighted by Gasteiger charge is -2.20. The predicted molar refractivity (Wildman–Crippen MR) is 80.4 cm³/mol. The molecule has 1 fully saturated rings. The van der Waals surface area contributed by atoms with E-state index in [0.717, 1.165) is 43.5 Å². The van der Waals surface area contributed by atoms with Crippen molar-refractivity contribution < 1.29 is 8.42 Å². The van der Waals surface area contributed by atoms with E-state index in [-0.39, 0.29) is 0 Å². The van der Waals surface area contributed by atoms with Crippen LogP contribution in [0.3, 0.4) is 0 Å². The van der Waals surface area contributed by atoms with Gasteiger partial charge in [0.25, 0.3) is 0 Å². The summed E-state index contributed by atoms with van der Waals surface area (Å²) in [4.78, 5) is 0.453. The molecule has 1 aromatic rings. The van der Waals surface area contributed by atoms with Gasteiger partial charge in [0.15, 0.2) is 0 Å². The molecule has 2 aliphatic rings. The lowest BCUT2D eigenvalue weighted by atomic mass is 10.0. The van der Waals surface area contributed by atoms with Gasteiger partial charge in [-0.25, -0.2) is 8.42 Å². The SMILES string of the molecule is CC1CCCN(S(=O)(=O)c2ccc3c(c2)CCN3)CC1. The first kappa shape index (κ1) is 13.9. The van der Waals surface area contributed by atoms with E-state index in [2.05, 4.69) is 12.2 Å². The maximum Gasteiger partial charge on any atom is 0.243 e. The summed E-state index contributed by atoms with van der Waals surface area (Å²) in [6.45, 7) is 4.41. The minimum atomic E-state index is -3.32. The molecule has 0 radical (unpaired) electrons. The standard InChI is InChI=1S/C15H22N2O2S/c1-12-3-2-9-17(10-7-12)20(18,19)14-4-5-15-13(11-14)6-8-16-15/h4-5,11-12,16H,2-3,6-10H2,1H3. The van der Waals surface area contributed by atoms with Gasteiger partial charge in [-0.1, -0.05) is 6.92 Å². The summed E-state index contributed by atoms with van der Waals surface area (Å²) in [5, 5.41) is 3.27. The summed E-state index contributed by atoms with van der Waals surface area (Å²) in [6, 6.07) is 5.48. The van der Waals surface area contributed by atoms with E-state index in [4.69, 9.17) is 0 Å². The molecule has 110 valence electrons. The monoisotopic (exact) mass is 294 g/mol. The van der Waals surface area contributed by atoms with Gasteiger partial charge in [0.1, 0.15) is 0 Å². The van der Waals surface area contributed by atoms with Crippen LogP contribution in [0.2, 0.25) is 0 Å². The molecule has 0 bridgehead atoms. The average Bonchev–Trinajstić information content (AvgIpc) is 2.78. The number of rotatable bonds is 2. The van der Waals surface area contributed by atoms with Crippen molar-refractivity contribution in [2.75, 3.05) is 25.0 Å². The van der Waals surface area contributed by atoms with Crippen molar-refractivity contribution in [3.8, 4) is 0 Å². The van der Waals surface area contributed by atoms with Crippen LogP contribution < -0.4 is 5.32 Å². The molecule has 4 nitrogen and oxygen atoms in total. The molecule has 0 aromatic heterocycles. The second-order valence-electron chi connectivity index (χ2n) is 5.94. The van der Waals surface area contributed by atoms with Crippen LogP contribution >= 0.6 is 0 Å². The van der Waals surface area contributed by atoms with Gasteiger partial charge in [0.2, 0.25) is 10.0 Å². The van der Waals surface area contributed by atoms with Crippen molar-refractivity contribution in [1.82, 2.24) is 4.31 Å². The third-order valence-corrected chi connectivity index (χ3v) is 6.29. The average molecular weight is 294 g/mol. The molecule has 0 saturated carbocycles. The van der Waals surface area contributed by atoms with E-state index < -0.39 is 10.0 Å². The fourth-order valence-electron chi connectivity index (χ4n) is 3.07. The zero-order valence-electron chi connectivity index (χ0n) is 11.9. The molecule has 5 heteroatoms. The fourth-order valence-corrected chi connectivity index (χ4v) is 4.61. The second kappa shape index (κ2) is 5.37. The Hall–Kier alpha value is -1.07. The number of nitrogens with one attached hydrogen (secondary N) is 1. The molecule has 1 unspecified atom stereocenters. The number of fused-ring (bicyclic) bond motifs is 1. The lowest BCUT2D eigenvalue weighted by Crippen LogP contribution is -2.32. The summed E-state index contributed by atoms with van der Waals surface area (Å²) in [5.41, 5.74) is 2.20. The fraction of sp³-hybridized carbons (Fsp3) is 0.600. The van der Waals surface area contributed by atoms with Gasteiger partial charge in [-0.15, -0.1) is 0 Å². The molecular formula is C15H22N2O2S. The van der Waals surface area contributed by atoms with E-state index in [1.807, 2.05) is 12.1 Å². The Morgan fingerprint density at radius 1 is 1.25 bits per heavy atom. The van der Waals surface area contributed by atoms with Gasteiger partial charge in [-0.3, -0.25) is 0 Å². The van der Waals surface area contributed by atoms with Crippen molar-refractivity contribution >= 4 is 15.7 Å².